The van der Waals surface area contributed by atoms with Crippen LogP contribution in [0.3, 0.4) is 0 Å². The Hall–Kier alpha value is -6.58. The molecule has 0 amide bonds. The third kappa shape index (κ3) is 4.08. The second kappa shape index (κ2) is 10.7. The number of anilines is 3. The largest absolute Gasteiger partial charge is 0.456 e. The van der Waals surface area contributed by atoms with Crippen molar-refractivity contribution >= 4 is 49.6 Å². The predicted octanol–water partition coefficient (Wildman–Crippen LogP) is 13.5. The number of ether oxygens (including phenoxy) is 1. The molecule has 3 nitrogen and oxygen atoms in total. The molecule has 0 spiro atoms. The molecule has 9 aromatic rings. The molecule has 0 saturated heterocycles. The fourth-order valence-corrected chi connectivity index (χ4v) is 8.89. The lowest BCUT2D eigenvalue weighted by atomic mass is 9.82. The molecule has 1 aliphatic heterocycles. The zero-order valence-corrected chi connectivity index (χ0v) is 29.0. The summed E-state index contributed by atoms with van der Waals surface area (Å²) in [6.07, 6.45) is 0. The molecule has 0 fully saturated rings. The van der Waals surface area contributed by atoms with Gasteiger partial charge in [0.2, 0.25) is 0 Å². The third-order valence-electron chi connectivity index (χ3n) is 11.4. The van der Waals surface area contributed by atoms with Gasteiger partial charge in [0.25, 0.3) is 0 Å². The van der Waals surface area contributed by atoms with Crippen LogP contribution in [0, 0.1) is 0 Å². The molecular weight excluding hydrogens is 633 g/mol. The number of fused-ring (bicyclic) bond motifs is 3. The van der Waals surface area contributed by atoms with E-state index in [1.54, 1.807) is 0 Å². The zero-order chi connectivity index (χ0) is 34.6. The molecular formula is C49H34N2O. The van der Waals surface area contributed by atoms with Crippen molar-refractivity contribution in [3.05, 3.63) is 181 Å². The summed E-state index contributed by atoms with van der Waals surface area (Å²) in [7, 11) is 0. The molecule has 0 atom stereocenters. The number of hydrogen-bond acceptors (Lipinski definition) is 2. The molecule has 2 aliphatic rings. The molecule has 246 valence electrons. The first kappa shape index (κ1) is 29.2. The smallest absolute Gasteiger partial charge is 0.137 e. The molecule has 0 radical (unpaired) electrons. The fourth-order valence-electron chi connectivity index (χ4n) is 8.89. The Kier molecular flexibility index (Phi) is 6.01. The molecule has 8 aromatic carbocycles. The predicted molar refractivity (Wildman–Crippen MR) is 216 cm³/mol. The maximum absolute atomic E-state index is 6.47. The van der Waals surface area contributed by atoms with Crippen LogP contribution < -0.4 is 9.64 Å². The van der Waals surface area contributed by atoms with Gasteiger partial charge in [0.15, 0.2) is 0 Å². The first-order chi connectivity index (χ1) is 25.5. The minimum atomic E-state index is -0.0958. The van der Waals surface area contributed by atoms with Gasteiger partial charge in [-0.05, 0) is 112 Å². The number of nitrogens with zero attached hydrogens (tertiary/aromatic N) is 2. The van der Waals surface area contributed by atoms with Crippen molar-refractivity contribution in [2.75, 3.05) is 4.90 Å². The van der Waals surface area contributed by atoms with Gasteiger partial charge in [-0.3, -0.25) is 0 Å². The molecule has 1 aromatic heterocycles. The third-order valence-corrected chi connectivity index (χ3v) is 11.4. The molecule has 1 aliphatic carbocycles. The molecule has 0 unspecified atom stereocenters. The standard InChI is InChI=1S/C49H34N2O/c1-49(2)40-14-7-6-13-38(40)39-28-27-37(30-41(39)49)50(34-21-18-32(19-22-34)31-10-4-3-5-11-31)35-23-25-36(26-24-35)51-42-15-9-17-45-47(42)48-43(51)29-20-33-12-8-16-44(52-45)46(33)48/h3-30H,1-2H3. The number of rotatable bonds is 5. The van der Waals surface area contributed by atoms with Crippen LogP contribution in [0.5, 0.6) is 11.5 Å². The average molecular weight is 667 g/mol. The van der Waals surface area contributed by atoms with Crippen LogP contribution in [0.2, 0.25) is 0 Å². The highest BCUT2D eigenvalue weighted by molar-refractivity contribution is 6.26. The van der Waals surface area contributed by atoms with Crippen molar-refractivity contribution in [2.24, 2.45) is 0 Å². The molecule has 0 saturated carbocycles. The van der Waals surface area contributed by atoms with Crippen LogP contribution in [0.1, 0.15) is 25.0 Å². The summed E-state index contributed by atoms with van der Waals surface area (Å²) in [5.74, 6) is 1.83. The van der Waals surface area contributed by atoms with Gasteiger partial charge < -0.3 is 14.2 Å². The second-order valence-corrected chi connectivity index (χ2v) is 14.6. The van der Waals surface area contributed by atoms with Gasteiger partial charge >= 0.3 is 0 Å². The van der Waals surface area contributed by atoms with E-state index in [9.17, 15) is 0 Å². The highest BCUT2D eigenvalue weighted by Crippen LogP contribution is 2.52. The minimum absolute atomic E-state index is 0.0958. The van der Waals surface area contributed by atoms with Gasteiger partial charge in [-0.1, -0.05) is 111 Å². The van der Waals surface area contributed by atoms with E-state index < -0.39 is 0 Å². The Morgan fingerprint density at radius 1 is 0.462 bits per heavy atom. The van der Waals surface area contributed by atoms with E-state index in [1.807, 2.05) is 0 Å². The lowest BCUT2D eigenvalue weighted by Crippen LogP contribution is -2.16. The van der Waals surface area contributed by atoms with E-state index in [0.29, 0.717) is 0 Å². The minimum Gasteiger partial charge on any atom is -0.456 e. The topological polar surface area (TPSA) is 17.4 Å². The number of hydrogen-bond donors (Lipinski definition) is 0. The first-order valence-electron chi connectivity index (χ1n) is 18.0. The van der Waals surface area contributed by atoms with E-state index in [4.69, 9.17) is 4.74 Å². The molecule has 11 rings (SSSR count). The Bertz CT molecular complexity index is 2880. The first-order valence-corrected chi connectivity index (χ1v) is 18.0. The maximum atomic E-state index is 6.47. The number of benzene rings is 8. The van der Waals surface area contributed by atoms with Crippen molar-refractivity contribution in [3.63, 3.8) is 0 Å². The Morgan fingerprint density at radius 3 is 1.90 bits per heavy atom. The lowest BCUT2D eigenvalue weighted by Gasteiger charge is -2.28. The van der Waals surface area contributed by atoms with Crippen molar-refractivity contribution in [2.45, 2.75) is 19.3 Å². The Morgan fingerprint density at radius 2 is 1.10 bits per heavy atom. The second-order valence-electron chi connectivity index (χ2n) is 14.6. The van der Waals surface area contributed by atoms with E-state index in [1.165, 1.54) is 60.4 Å². The van der Waals surface area contributed by atoms with Gasteiger partial charge in [-0.25, -0.2) is 0 Å². The normalized spacial score (nSPS) is 13.5. The lowest BCUT2D eigenvalue weighted by molar-refractivity contribution is 0.493. The van der Waals surface area contributed by atoms with Crippen LogP contribution in [0.15, 0.2) is 170 Å². The summed E-state index contributed by atoms with van der Waals surface area (Å²) in [4.78, 5) is 2.39. The van der Waals surface area contributed by atoms with Gasteiger partial charge in [-0.2, -0.15) is 0 Å². The molecule has 3 heteroatoms. The highest BCUT2D eigenvalue weighted by atomic mass is 16.5. The quantitative estimate of drug-likeness (QED) is 0.182. The van der Waals surface area contributed by atoms with Gasteiger partial charge in [0.1, 0.15) is 11.5 Å². The van der Waals surface area contributed by atoms with Gasteiger partial charge in [0, 0.05) is 38.9 Å². The van der Waals surface area contributed by atoms with Gasteiger partial charge in [-0.15, -0.1) is 0 Å². The molecule has 52 heavy (non-hydrogen) atoms. The maximum Gasteiger partial charge on any atom is 0.137 e. The summed E-state index contributed by atoms with van der Waals surface area (Å²) < 4.78 is 8.85. The summed E-state index contributed by atoms with van der Waals surface area (Å²) in [6.45, 7) is 4.70. The van der Waals surface area contributed by atoms with Crippen LogP contribution in [-0.2, 0) is 5.41 Å². The summed E-state index contributed by atoms with van der Waals surface area (Å²) in [6, 6.07) is 61.6. The number of aromatic nitrogens is 1. The van der Waals surface area contributed by atoms with Gasteiger partial charge in [0.05, 0.1) is 16.4 Å². The van der Waals surface area contributed by atoms with Crippen LogP contribution in [-0.4, -0.2) is 4.57 Å². The van der Waals surface area contributed by atoms with E-state index in [-0.39, 0.29) is 5.41 Å². The molecule has 2 heterocycles. The molecule has 0 N–H and O–H groups in total. The highest BCUT2D eigenvalue weighted by Gasteiger charge is 2.35. The average Bonchev–Trinajstić information content (AvgIpc) is 3.65. The van der Waals surface area contributed by atoms with Crippen LogP contribution in [0.25, 0.3) is 60.5 Å². The monoisotopic (exact) mass is 666 g/mol. The SMILES string of the molecule is CC1(C)c2ccccc2-c2ccc(N(c3ccc(-c4ccccc4)cc3)c3ccc(-n4c5cccc6c5c5c7c(cccc7ccc54)O6)cc3)cc21. The van der Waals surface area contributed by atoms with Crippen molar-refractivity contribution in [1.29, 1.82) is 0 Å². The van der Waals surface area contributed by atoms with Crippen molar-refractivity contribution in [1.82, 2.24) is 4.57 Å². The summed E-state index contributed by atoms with van der Waals surface area (Å²) in [5, 5.41) is 4.82. The van der Waals surface area contributed by atoms with Crippen molar-refractivity contribution < 1.29 is 4.74 Å². The summed E-state index contributed by atoms with van der Waals surface area (Å²) in [5.41, 5.74) is 14.5. The van der Waals surface area contributed by atoms with E-state index in [2.05, 4.69) is 193 Å². The Labute approximate surface area is 302 Å². The van der Waals surface area contributed by atoms with E-state index >= 15 is 0 Å². The fraction of sp³-hybridized carbons (Fsp3) is 0.0612. The van der Waals surface area contributed by atoms with E-state index in [0.717, 1.165) is 39.8 Å². The summed E-state index contributed by atoms with van der Waals surface area (Å²) >= 11 is 0. The Balaban J connectivity index is 1.07. The zero-order valence-electron chi connectivity index (χ0n) is 29.0. The van der Waals surface area contributed by atoms with Crippen molar-refractivity contribution in [3.8, 4) is 39.4 Å². The molecule has 0 bridgehead atoms. The van der Waals surface area contributed by atoms with Crippen LogP contribution in [0.4, 0.5) is 17.1 Å². The van der Waals surface area contributed by atoms with Crippen LogP contribution >= 0.6 is 0 Å².